The molecule has 0 radical (unpaired) electrons. The SMILES string of the molecule is CC(C)(C)c1cc(CC(NC(=O)OCC2c3ccccc3-c3ccccc32)C(=O)O)ccc1O. The summed E-state index contributed by atoms with van der Waals surface area (Å²) in [6, 6.07) is 19.9. The number of ether oxygens (including phenoxy) is 1. The molecule has 6 nitrogen and oxygen atoms in total. The van der Waals surface area contributed by atoms with E-state index in [9.17, 15) is 19.8 Å². The van der Waals surface area contributed by atoms with Crippen molar-refractivity contribution in [2.45, 2.75) is 44.6 Å². The summed E-state index contributed by atoms with van der Waals surface area (Å²) in [6.07, 6.45) is -0.702. The molecule has 176 valence electrons. The molecular formula is C28H29NO5. The third-order valence-corrected chi connectivity index (χ3v) is 6.24. The molecule has 0 saturated heterocycles. The van der Waals surface area contributed by atoms with Crippen LogP contribution in [0, 0.1) is 0 Å². The molecule has 3 N–H and O–H groups in total. The van der Waals surface area contributed by atoms with E-state index in [1.54, 1.807) is 18.2 Å². The summed E-state index contributed by atoms with van der Waals surface area (Å²) < 4.78 is 5.50. The van der Waals surface area contributed by atoms with Crippen molar-refractivity contribution < 1.29 is 24.5 Å². The van der Waals surface area contributed by atoms with Crippen molar-refractivity contribution in [3.63, 3.8) is 0 Å². The molecule has 1 aliphatic carbocycles. The second-order valence-electron chi connectivity index (χ2n) is 9.67. The van der Waals surface area contributed by atoms with Crippen LogP contribution in [0.25, 0.3) is 11.1 Å². The van der Waals surface area contributed by atoms with Gasteiger partial charge in [-0.25, -0.2) is 9.59 Å². The minimum Gasteiger partial charge on any atom is -0.508 e. The fourth-order valence-corrected chi connectivity index (χ4v) is 4.53. The van der Waals surface area contributed by atoms with Crippen molar-refractivity contribution in [1.29, 1.82) is 0 Å². The Hall–Kier alpha value is -3.80. The number of carbonyl (C=O) groups is 2. The number of phenolic OH excluding ortho intramolecular Hbond substituents is 1. The molecule has 4 rings (SSSR count). The number of nitrogens with one attached hydrogen (secondary N) is 1. The van der Waals surface area contributed by atoms with E-state index in [1.807, 2.05) is 57.2 Å². The van der Waals surface area contributed by atoms with Gasteiger partial charge in [-0.05, 0) is 44.9 Å². The van der Waals surface area contributed by atoms with Crippen LogP contribution in [0.3, 0.4) is 0 Å². The van der Waals surface area contributed by atoms with Crippen LogP contribution >= 0.6 is 0 Å². The van der Waals surface area contributed by atoms with Crippen LogP contribution in [-0.2, 0) is 21.4 Å². The van der Waals surface area contributed by atoms with Crippen LogP contribution < -0.4 is 5.32 Å². The molecule has 1 aliphatic rings. The Morgan fingerprint density at radius 1 is 0.971 bits per heavy atom. The van der Waals surface area contributed by atoms with Gasteiger partial charge < -0.3 is 20.3 Å². The molecule has 0 aromatic heterocycles. The number of phenols is 1. The lowest BCUT2D eigenvalue weighted by atomic mass is 9.85. The Kier molecular flexibility index (Phi) is 6.33. The highest BCUT2D eigenvalue weighted by atomic mass is 16.5. The molecule has 0 spiro atoms. The van der Waals surface area contributed by atoms with Crippen LogP contribution in [0.4, 0.5) is 4.79 Å². The van der Waals surface area contributed by atoms with Gasteiger partial charge in [0.2, 0.25) is 0 Å². The smallest absolute Gasteiger partial charge is 0.407 e. The number of aliphatic carboxylic acids is 1. The largest absolute Gasteiger partial charge is 0.508 e. The lowest BCUT2D eigenvalue weighted by Crippen LogP contribution is -2.43. The van der Waals surface area contributed by atoms with Gasteiger partial charge in [-0.15, -0.1) is 0 Å². The number of carboxylic acid groups (broad SMARTS) is 1. The van der Waals surface area contributed by atoms with Gasteiger partial charge in [0, 0.05) is 12.3 Å². The Morgan fingerprint density at radius 3 is 2.12 bits per heavy atom. The monoisotopic (exact) mass is 459 g/mol. The van der Waals surface area contributed by atoms with Crippen molar-refractivity contribution in [2.75, 3.05) is 6.61 Å². The average Bonchev–Trinajstić information content (AvgIpc) is 3.11. The minimum atomic E-state index is -1.16. The zero-order chi connectivity index (χ0) is 24.5. The normalized spacial score (nSPS) is 13.6. The molecule has 0 heterocycles. The molecular weight excluding hydrogens is 430 g/mol. The summed E-state index contributed by atoms with van der Waals surface area (Å²) in [5.74, 6) is -1.10. The fourth-order valence-electron chi connectivity index (χ4n) is 4.53. The second-order valence-corrected chi connectivity index (χ2v) is 9.67. The minimum absolute atomic E-state index is 0.0723. The van der Waals surface area contributed by atoms with Crippen LogP contribution in [0.15, 0.2) is 66.7 Å². The Bertz CT molecular complexity index is 1180. The maximum Gasteiger partial charge on any atom is 0.407 e. The lowest BCUT2D eigenvalue weighted by Gasteiger charge is -2.22. The number of hydrogen-bond donors (Lipinski definition) is 3. The number of carbonyl (C=O) groups excluding carboxylic acids is 1. The first-order valence-corrected chi connectivity index (χ1v) is 11.3. The van der Waals surface area contributed by atoms with Crippen molar-refractivity contribution >= 4 is 12.1 Å². The van der Waals surface area contributed by atoms with E-state index in [0.717, 1.165) is 27.8 Å². The zero-order valence-corrected chi connectivity index (χ0v) is 19.5. The summed E-state index contributed by atoms with van der Waals surface area (Å²) in [5, 5.41) is 22.3. The molecule has 1 amide bonds. The zero-order valence-electron chi connectivity index (χ0n) is 19.5. The maximum atomic E-state index is 12.6. The van der Waals surface area contributed by atoms with Crippen LogP contribution in [-0.4, -0.2) is 34.9 Å². The van der Waals surface area contributed by atoms with Gasteiger partial charge in [-0.2, -0.15) is 0 Å². The third kappa shape index (κ3) is 4.76. The maximum absolute atomic E-state index is 12.6. The van der Waals surface area contributed by atoms with Crippen molar-refractivity contribution in [1.82, 2.24) is 5.32 Å². The molecule has 34 heavy (non-hydrogen) atoms. The van der Waals surface area contributed by atoms with Crippen molar-refractivity contribution in [2.24, 2.45) is 0 Å². The number of rotatable bonds is 6. The van der Waals surface area contributed by atoms with Gasteiger partial charge in [0.15, 0.2) is 0 Å². The van der Waals surface area contributed by atoms with Gasteiger partial charge in [0.25, 0.3) is 0 Å². The molecule has 3 aromatic rings. The quantitative estimate of drug-likeness (QED) is 0.469. The van der Waals surface area contributed by atoms with Gasteiger partial charge in [-0.3, -0.25) is 0 Å². The van der Waals surface area contributed by atoms with E-state index in [4.69, 9.17) is 4.74 Å². The van der Waals surface area contributed by atoms with Crippen LogP contribution in [0.1, 0.15) is 48.9 Å². The van der Waals surface area contributed by atoms with E-state index < -0.39 is 18.1 Å². The summed E-state index contributed by atoms with van der Waals surface area (Å²) in [6.45, 7) is 6.01. The van der Waals surface area contributed by atoms with E-state index in [2.05, 4.69) is 17.4 Å². The van der Waals surface area contributed by atoms with Crippen LogP contribution in [0.5, 0.6) is 5.75 Å². The number of alkyl carbamates (subject to hydrolysis) is 1. The van der Waals surface area contributed by atoms with Crippen molar-refractivity contribution in [3.05, 3.63) is 89.0 Å². The number of benzene rings is 3. The number of carboxylic acids is 1. The molecule has 1 unspecified atom stereocenters. The van der Waals surface area contributed by atoms with E-state index in [0.29, 0.717) is 5.56 Å². The summed E-state index contributed by atoms with van der Waals surface area (Å²) in [5.41, 5.74) is 5.54. The number of aromatic hydroxyl groups is 1. The Labute approximate surface area is 199 Å². The molecule has 0 fully saturated rings. The first-order valence-electron chi connectivity index (χ1n) is 11.3. The van der Waals surface area contributed by atoms with E-state index in [1.165, 1.54) is 0 Å². The highest BCUT2D eigenvalue weighted by Gasteiger charge is 2.30. The predicted molar refractivity (Wildman–Crippen MR) is 130 cm³/mol. The topological polar surface area (TPSA) is 95.9 Å². The van der Waals surface area contributed by atoms with Gasteiger partial charge in [-0.1, -0.05) is 81.4 Å². The highest BCUT2D eigenvalue weighted by Crippen LogP contribution is 2.44. The summed E-state index contributed by atoms with van der Waals surface area (Å²) in [7, 11) is 0. The molecule has 0 bridgehead atoms. The number of hydrogen-bond acceptors (Lipinski definition) is 4. The molecule has 1 atom stereocenters. The Morgan fingerprint density at radius 2 is 1.56 bits per heavy atom. The molecule has 6 heteroatoms. The average molecular weight is 460 g/mol. The standard InChI is InChI=1S/C28H29NO5/c1-28(2,3)23-14-17(12-13-25(23)30)15-24(26(31)32)29-27(33)34-16-22-20-10-6-4-8-18(20)19-9-5-7-11-21(19)22/h4-14,22,24,30H,15-16H2,1-3H3,(H,29,33)(H,31,32). The summed E-state index contributed by atoms with van der Waals surface area (Å²) in [4.78, 5) is 24.4. The van der Waals surface area contributed by atoms with Gasteiger partial charge in [0.05, 0.1) is 0 Å². The highest BCUT2D eigenvalue weighted by molar-refractivity contribution is 5.81. The first-order chi connectivity index (χ1) is 16.1. The molecule has 0 aliphatic heterocycles. The molecule has 0 saturated carbocycles. The van der Waals surface area contributed by atoms with E-state index >= 15 is 0 Å². The van der Waals surface area contributed by atoms with Crippen LogP contribution in [0.2, 0.25) is 0 Å². The second kappa shape index (κ2) is 9.21. The lowest BCUT2D eigenvalue weighted by molar-refractivity contribution is -0.139. The third-order valence-electron chi connectivity index (χ3n) is 6.24. The Balaban J connectivity index is 1.44. The van der Waals surface area contributed by atoms with Gasteiger partial charge >= 0.3 is 12.1 Å². The van der Waals surface area contributed by atoms with Gasteiger partial charge in [0.1, 0.15) is 18.4 Å². The van der Waals surface area contributed by atoms with E-state index in [-0.39, 0.29) is 30.1 Å². The summed E-state index contributed by atoms with van der Waals surface area (Å²) >= 11 is 0. The number of fused-ring (bicyclic) bond motifs is 3. The fraction of sp³-hybridized carbons (Fsp3) is 0.286. The first kappa shape index (κ1) is 23.4. The van der Waals surface area contributed by atoms with Crippen molar-refractivity contribution in [3.8, 4) is 16.9 Å². The number of amides is 1. The molecule has 3 aromatic carbocycles. The predicted octanol–water partition coefficient (Wildman–Crippen LogP) is 5.22.